The van der Waals surface area contributed by atoms with E-state index in [0.29, 0.717) is 15.7 Å². The molecule has 0 aliphatic carbocycles. The number of amides is 3. The maximum absolute atomic E-state index is 13.0. The molecule has 3 aromatic rings. The number of carboxylic acid groups (broad SMARTS) is 1. The summed E-state index contributed by atoms with van der Waals surface area (Å²) in [6, 6.07) is 5.76. The second-order valence-corrected chi connectivity index (χ2v) is 10.2. The van der Waals surface area contributed by atoms with Crippen molar-refractivity contribution < 1.29 is 19.5 Å². The van der Waals surface area contributed by atoms with Crippen LogP contribution in [0.3, 0.4) is 0 Å². The van der Waals surface area contributed by atoms with Crippen molar-refractivity contribution in [3.8, 4) is 0 Å². The fourth-order valence-electron chi connectivity index (χ4n) is 4.37. The lowest BCUT2D eigenvalue weighted by atomic mass is 10.1. The number of likely N-dealkylation sites (N-methyl/N-ethyl adjacent to an activating group) is 1. The van der Waals surface area contributed by atoms with Gasteiger partial charge in [-0.25, -0.2) is 9.78 Å². The third kappa shape index (κ3) is 4.46. The van der Waals surface area contributed by atoms with Crippen LogP contribution in [-0.4, -0.2) is 81.5 Å². The van der Waals surface area contributed by atoms with Crippen LogP contribution in [0.4, 0.5) is 4.79 Å². The molecule has 2 aliphatic heterocycles. The van der Waals surface area contributed by atoms with E-state index in [9.17, 15) is 19.5 Å². The summed E-state index contributed by atoms with van der Waals surface area (Å²) in [4.78, 5) is 49.4. The number of aromatic amines is 1. The van der Waals surface area contributed by atoms with Gasteiger partial charge in [-0.2, -0.15) is 0 Å². The van der Waals surface area contributed by atoms with Crippen LogP contribution in [0.5, 0.6) is 0 Å². The summed E-state index contributed by atoms with van der Waals surface area (Å²) < 4.78 is 0. The second-order valence-electron chi connectivity index (χ2n) is 8.64. The molecule has 2 aliphatic rings. The van der Waals surface area contributed by atoms with Gasteiger partial charge in [-0.15, -0.1) is 11.3 Å². The number of rotatable bonds is 4. The molecule has 2 aromatic heterocycles. The number of aromatic nitrogens is 2. The lowest BCUT2D eigenvalue weighted by Gasteiger charge is -2.20. The SMILES string of the molecule is CN1CCc2nc(C(=O)N[C@@H]3CN(C(=O)O)C[C@H]3NC(=O)c3cc4cc(Cl)ccc4[nH]3)sc2C1. The van der Waals surface area contributed by atoms with Crippen molar-refractivity contribution in [2.24, 2.45) is 0 Å². The van der Waals surface area contributed by atoms with E-state index >= 15 is 0 Å². The van der Waals surface area contributed by atoms with E-state index < -0.39 is 24.1 Å². The molecule has 178 valence electrons. The molecule has 0 saturated carbocycles. The molecule has 4 heterocycles. The van der Waals surface area contributed by atoms with Crippen molar-refractivity contribution in [3.05, 3.63) is 50.6 Å². The highest BCUT2D eigenvalue weighted by Gasteiger charge is 2.38. The Balaban J connectivity index is 1.31. The lowest BCUT2D eigenvalue weighted by molar-refractivity contribution is 0.0894. The molecule has 1 fully saturated rings. The van der Waals surface area contributed by atoms with Crippen LogP contribution < -0.4 is 10.6 Å². The Morgan fingerprint density at radius 1 is 1.18 bits per heavy atom. The van der Waals surface area contributed by atoms with Crippen LogP contribution in [0.2, 0.25) is 5.02 Å². The first-order valence-corrected chi connectivity index (χ1v) is 12.0. The van der Waals surface area contributed by atoms with Crippen LogP contribution in [-0.2, 0) is 13.0 Å². The van der Waals surface area contributed by atoms with Crippen molar-refractivity contribution in [2.45, 2.75) is 25.0 Å². The molecule has 0 radical (unpaired) electrons. The number of fused-ring (bicyclic) bond motifs is 2. The van der Waals surface area contributed by atoms with Crippen molar-refractivity contribution in [1.29, 1.82) is 0 Å². The fourth-order valence-corrected chi connectivity index (χ4v) is 5.65. The molecule has 5 rings (SSSR count). The number of nitrogens with zero attached hydrogens (tertiary/aromatic N) is 3. The van der Waals surface area contributed by atoms with Crippen molar-refractivity contribution in [2.75, 3.05) is 26.7 Å². The average Bonchev–Trinajstić information content (AvgIpc) is 3.50. The molecule has 4 N–H and O–H groups in total. The number of carbonyl (C=O) groups is 3. The first-order chi connectivity index (χ1) is 16.3. The molecule has 0 bridgehead atoms. The number of carbonyl (C=O) groups excluding carboxylic acids is 2. The number of H-pyrrole nitrogens is 1. The number of nitrogens with one attached hydrogen (secondary N) is 3. The van der Waals surface area contributed by atoms with E-state index in [1.54, 1.807) is 24.3 Å². The molecule has 3 amide bonds. The maximum atomic E-state index is 13.0. The smallest absolute Gasteiger partial charge is 0.407 e. The first kappa shape index (κ1) is 22.6. The number of benzene rings is 1. The Bertz CT molecular complexity index is 1290. The second kappa shape index (κ2) is 8.90. The minimum absolute atomic E-state index is 0.0667. The predicted octanol–water partition coefficient (Wildman–Crippen LogP) is 2.16. The number of hydrogen-bond acceptors (Lipinski definition) is 6. The molecule has 2 atom stereocenters. The Morgan fingerprint density at radius 3 is 2.65 bits per heavy atom. The Kier molecular flexibility index (Phi) is 5.92. The zero-order chi connectivity index (χ0) is 24.0. The normalized spacial score (nSPS) is 20.4. The summed E-state index contributed by atoms with van der Waals surface area (Å²) in [5.74, 6) is -0.754. The van der Waals surface area contributed by atoms with E-state index in [1.807, 2.05) is 7.05 Å². The standard InChI is InChI=1S/C22H23ClN6O4S/c1-28-5-4-14-18(10-28)34-21(27-14)20(31)26-17-9-29(22(32)33)8-16(17)25-19(30)15-7-11-6-12(23)2-3-13(11)24-15/h2-3,6-7,16-17,24H,4-5,8-10H2,1H3,(H,25,30)(H,26,31)(H,32,33)/t16-,17-/m1/s1. The zero-order valence-electron chi connectivity index (χ0n) is 18.3. The van der Waals surface area contributed by atoms with E-state index in [1.165, 1.54) is 16.2 Å². The molecule has 0 spiro atoms. The minimum Gasteiger partial charge on any atom is -0.465 e. The van der Waals surface area contributed by atoms with Crippen LogP contribution in [0, 0.1) is 0 Å². The van der Waals surface area contributed by atoms with Crippen LogP contribution >= 0.6 is 22.9 Å². The minimum atomic E-state index is -1.11. The fraction of sp³-hybridized carbons (Fsp3) is 0.364. The van der Waals surface area contributed by atoms with Crippen molar-refractivity contribution in [1.82, 2.24) is 30.4 Å². The number of halogens is 1. The van der Waals surface area contributed by atoms with Crippen LogP contribution in [0.15, 0.2) is 24.3 Å². The van der Waals surface area contributed by atoms with Gasteiger partial charge in [0.25, 0.3) is 11.8 Å². The molecule has 34 heavy (non-hydrogen) atoms. The van der Waals surface area contributed by atoms with Gasteiger partial charge < -0.3 is 30.5 Å². The van der Waals surface area contributed by atoms with E-state index in [4.69, 9.17) is 11.6 Å². The van der Waals surface area contributed by atoms with Crippen molar-refractivity contribution in [3.63, 3.8) is 0 Å². The Morgan fingerprint density at radius 2 is 1.91 bits per heavy atom. The molecular weight excluding hydrogens is 480 g/mol. The van der Waals surface area contributed by atoms with Gasteiger partial charge in [0.15, 0.2) is 5.01 Å². The van der Waals surface area contributed by atoms with Crippen LogP contribution in [0.25, 0.3) is 10.9 Å². The highest BCUT2D eigenvalue weighted by Crippen LogP contribution is 2.25. The summed E-state index contributed by atoms with van der Waals surface area (Å²) in [7, 11) is 2.02. The monoisotopic (exact) mass is 502 g/mol. The topological polar surface area (TPSA) is 131 Å². The molecular formula is C22H23ClN6O4S. The van der Waals surface area contributed by atoms with E-state index in [2.05, 4.69) is 25.5 Å². The van der Waals surface area contributed by atoms with Crippen LogP contribution in [0.1, 0.15) is 30.9 Å². The number of hydrogen-bond donors (Lipinski definition) is 4. The van der Waals surface area contributed by atoms with Gasteiger partial charge in [0.05, 0.1) is 17.8 Å². The molecule has 1 aromatic carbocycles. The largest absolute Gasteiger partial charge is 0.465 e. The summed E-state index contributed by atoms with van der Waals surface area (Å²) in [6.45, 7) is 1.78. The summed E-state index contributed by atoms with van der Waals surface area (Å²) in [6.07, 6.45) is -0.316. The van der Waals surface area contributed by atoms with Gasteiger partial charge >= 0.3 is 6.09 Å². The highest BCUT2D eigenvalue weighted by atomic mass is 35.5. The van der Waals surface area contributed by atoms with Gasteiger partial charge in [0.1, 0.15) is 5.69 Å². The number of likely N-dealkylation sites (tertiary alicyclic amines) is 1. The third-order valence-corrected chi connectivity index (χ3v) is 7.48. The molecule has 0 unspecified atom stereocenters. The third-order valence-electron chi connectivity index (χ3n) is 6.17. The first-order valence-electron chi connectivity index (χ1n) is 10.8. The van der Waals surface area contributed by atoms with Gasteiger partial charge in [0, 0.05) is 53.4 Å². The maximum Gasteiger partial charge on any atom is 0.407 e. The van der Waals surface area contributed by atoms with Gasteiger partial charge in [-0.3, -0.25) is 9.59 Å². The predicted molar refractivity (Wildman–Crippen MR) is 128 cm³/mol. The molecule has 12 heteroatoms. The molecule has 1 saturated heterocycles. The Hall–Kier alpha value is -3.15. The Labute approximate surface area is 203 Å². The highest BCUT2D eigenvalue weighted by molar-refractivity contribution is 7.13. The lowest BCUT2D eigenvalue weighted by Crippen LogP contribution is -2.51. The van der Waals surface area contributed by atoms with E-state index in [0.717, 1.165) is 41.0 Å². The van der Waals surface area contributed by atoms with E-state index in [-0.39, 0.29) is 19.0 Å². The summed E-state index contributed by atoms with van der Waals surface area (Å²) >= 11 is 7.38. The summed E-state index contributed by atoms with van der Waals surface area (Å²) in [5.41, 5.74) is 2.03. The van der Waals surface area contributed by atoms with Crippen molar-refractivity contribution >= 4 is 51.7 Å². The summed E-state index contributed by atoms with van der Waals surface area (Å²) in [5, 5.41) is 16.9. The number of thiazole rings is 1. The quantitative estimate of drug-likeness (QED) is 0.432. The van der Waals surface area contributed by atoms with Gasteiger partial charge in [-0.1, -0.05) is 11.6 Å². The molecule has 10 nitrogen and oxygen atoms in total. The van der Waals surface area contributed by atoms with Gasteiger partial charge in [-0.05, 0) is 31.3 Å². The van der Waals surface area contributed by atoms with Gasteiger partial charge in [0.2, 0.25) is 0 Å². The average molecular weight is 503 g/mol. The zero-order valence-corrected chi connectivity index (χ0v) is 19.9.